The molecule has 18 heavy (non-hydrogen) atoms. The van der Waals surface area contributed by atoms with Crippen LogP contribution in [0.25, 0.3) is 11.3 Å². The number of amides is 1. The number of hydrogen-bond donors (Lipinski definition) is 0. The molecule has 2 aromatic rings. The van der Waals surface area contributed by atoms with E-state index >= 15 is 0 Å². The van der Waals surface area contributed by atoms with Crippen LogP contribution < -0.4 is 0 Å². The zero-order chi connectivity index (χ0) is 13.0. The van der Waals surface area contributed by atoms with E-state index in [9.17, 15) is 4.79 Å². The van der Waals surface area contributed by atoms with Crippen molar-refractivity contribution in [3.63, 3.8) is 0 Å². The lowest BCUT2D eigenvalue weighted by Crippen LogP contribution is -2.30. The van der Waals surface area contributed by atoms with E-state index < -0.39 is 0 Å². The summed E-state index contributed by atoms with van der Waals surface area (Å²) in [6, 6.07) is 9.54. The Kier molecular flexibility index (Phi) is 3.77. The van der Waals surface area contributed by atoms with Crippen molar-refractivity contribution in [1.82, 2.24) is 10.1 Å². The zero-order valence-corrected chi connectivity index (χ0v) is 10.6. The maximum Gasteiger partial charge on any atom is 0.259 e. The van der Waals surface area contributed by atoms with Crippen molar-refractivity contribution < 1.29 is 9.32 Å². The summed E-state index contributed by atoms with van der Waals surface area (Å²) in [4.78, 5) is 14.0. The molecular formula is C14H16N2O2. The number of benzene rings is 1. The lowest BCUT2D eigenvalue weighted by atomic mass is 10.1. The van der Waals surface area contributed by atoms with E-state index in [0.717, 1.165) is 5.56 Å². The number of hydrogen-bond acceptors (Lipinski definition) is 3. The third-order valence-corrected chi connectivity index (χ3v) is 2.89. The van der Waals surface area contributed by atoms with Gasteiger partial charge in [0, 0.05) is 18.7 Å². The van der Waals surface area contributed by atoms with Crippen LogP contribution in [0.3, 0.4) is 0 Å². The molecule has 0 N–H and O–H groups in total. The summed E-state index contributed by atoms with van der Waals surface area (Å²) in [5.74, 6) is 0.493. The first kappa shape index (κ1) is 12.4. The van der Waals surface area contributed by atoms with E-state index in [-0.39, 0.29) is 5.91 Å². The fraction of sp³-hybridized carbons (Fsp3) is 0.286. The lowest BCUT2D eigenvalue weighted by molar-refractivity contribution is 0.0773. The maximum absolute atomic E-state index is 12.3. The minimum atomic E-state index is -0.0416. The molecular weight excluding hydrogens is 228 g/mol. The Labute approximate surface area is 106 Å². The van der Waals surface area contributed by atoms with E-state index in [2.05, 4.69) is 5.16 Å². The van der Waals surface area contributed by atoms with Gasteiger partial charge in [0.15, 0.2) is 5.76 Å². The van der Waals surface area contributed by atoms with Crippen molar-refractivity contribution >= 4 is 5.91 Å². The van der Waals surface area contributed by atoms with Crippen molar-refractivity contribution in [2.24, 2.45) is 0 Å². The Hall–Kier alpha value is -2.10. The first-order valence-corrected chi connectivity index (χ1v) is 6.07. The second-order valence-corrected chi connectivity index (χ2v) is 3.91. The van der Waals surface area contributed by atoms with Gasteiger partial charge in [-0.1, -0.05) is 35.5 Å². The molecule has 0 saturated heterocycles. The fourth-order valence-electron chi connectivity index (χ4n) is 1.87. The molecule has 0 radical (unpaired) electrons. The predicted molar refractivity (Wildman–Crippen MR) is 69.2 cm³/mol. The maximum atomic E-state index is 12.3. The van der Waals surface area contributed by atoms with Gasteiger partial charge in [-0.3, -0.25) is 4.79 Å². The van der Waals surface area contributed by atoms with Crippen LogP contribution in [0, 0.1) is 0 Å². The number of aromatic nitrogens is 1. The molecule has 0 bridgehead atoms. The SMILES string of the molecule is CCN(CC)C(=O)c1cnoc1-c1ccccc1. The monoisotopic (exact) mass is 244 g/mol. The third kappa shape index (κ3) is 2.27. The van der Waals surface area contributed by atoms with E-state index in [1.165, 1.54) is 6.20 Å². The summed E-state index contributed by atoms with van der Waals surface area (Å²) in [5.41, 5.74) is 1.38. The first-order chi connectivity index (χ1) is 8.77. The molecule has 0 saturated carbocycles. The van der Waals surface area contributed by atoms with Gasteiger partial charge in [-0.25, -0.2) is 0 Å². The molecule has 0 atom stereocenters. The van der Waals surface area contributed by atoms with Gasteiger partial charge in [0.25, 0.3) is 5.91 Å². The smallest absolute Gasteiger partial charge is 0.259 e. The summed E-state index contributed by atoms with van der Waals surface area (Å²) in [6.45, 7) is 5.26. The predicted octanol–water partition coefficient (Wildman–Crippen LogP) is 2.82. The van der Waals surface area contributed by atoms with Crippen molar-refractivity contribution in [1.29, 1.82) is 0 Å². The van der Waals surface area contributed by atoms with Crippen LogP contribution in [0.4, 0.5) is 0 Å². The summed E-state index contributed by atoms with van der Waals surface area (Å²) in [6.07, 6.45) is 1.49. The normalized spacial score (nSPS) is 10.3. The second kappa shape index (κ2) is 5.49. The van der Waals surface area contributed by atoms with Gasteiger partial charge < -0.3 is 9.42 Å². The molecule has 0 aliphatic carbocycles. The molecule has 2 rings (SSSR count). The number of rotatable bonds is 4. The molecule has 1 amide bonds. The average Bonchev–Trinajstić information content (AvgIpc) is 2.90. The summed E-state index contributed by atoms with van der Waals surface area (Å²) in [5, 5.41) is 3.75. The second-order valence-electron chi connectivity index (χ2n) is 3.91. The lowest BCUT2D eigenvalue weighted by Gasteiger charge is -2.17. The molecule has 0 unspecified atom stereocenters. The molecule has 0 fully saturated rings. The Morgan fingerprint density at radius 1 is 1.22 bits per heavy atom. The minimum absolute atomic E-state index is 0.0416. The van der Waals surface area contributed by atoms with Crippen LogP contribution in [0.1, 0.15) is 24.2 Å². The van der Waals surface area contributed by atoms with Gasteiger partial charge in [-0.15, -0.1) is 0 Å². The summed E-state index contributed by atoms with van der Waals surface area (Å²) >= 11 is 0. The highest BCUT2D eigenvalue weighted by Crippen LogP contribution is 2.24. The molecule has 0 aliphatic rings. The van der Waals surface area contributed by atoms with Crippen LogP contribution in [0.15, 0.2) is 41.1 Å². The van der Waals surface area contributed by atoms with E-state index in [1.807, 2.05) is 44.2 Å². The molecule has 0 aliphatic heterocycles. The largest absolute Gasteiger partial charge is 0.355 e. The van der Waals surface area contributed by atoms with Crippen molar-refractivity contribution in [2.75, 3.05) is 13.1 Å². The first-order valence-electron chi connectivity index (χ1n) is 6.07. The van der Waals surface area contributed by atoms with Crippen molar-refractivity contribution in [3.8, 4) is 11.3 Å². The Bertz CT molecular complexity index is 516. The Morgan fingerprint density at radius 3 is 2.50 bits per heavy atom. The van der Waals surface area contributed by atoms with Gasteiger partial charge >= 0.3 is 0 Å². The Balaban J connectivity index is 2.37. The summed E-state index contributed by atoms with van der Waals surface area (Å²) < 4.78 is 5.21. The molecule has 1 heterocycles. The average molecular weight is 244 g/mol. The Morgan fingerprint density at radius 2 is 1.89 bits per heavy atom. The number of carbonyl (C=O) groups excluding carboxylic acids is 1. The van der Waals surface area contributed by atoms with E-state index in [4.69, 9.17) is 4.52 Å². The highest BCUT2D eigenvalue weighted by atomic mass is 16.5. The van der Waals surface area contributed by atoms with Crippen molar-refractivity contribution in [3.05, 3.63) is 42.1 Å². The van der Waals surface area contributed by atoms with Crippen LogP contribution in [-0.4, -0.2) is 29.1 Å². The van der Waals surface area contributed by atoms with E-state index in [1.54, 1.807) is 4.90 Å². The van der Waals surface area contributed by atoms with Gasteiger partial charge in [-0.05, 0) is 13.8 Å². The molecule has 0 spiro atoms. The zero-order valence-electron chi connectivity index (χ0n) is 10.6. The van der Waals surface area contributed by atoms with Crippen molar-refractivity contribution in [2.45, 2.75) is 13.8 Å². The quantitative estimate of drug-likeness (QED) is 0.830. The van der Waals surface area contributed by atoms with Crippen LogP contribution in [-0.2, 0) is 0 Å². The fourth-order valence-corrected chi connectivity index (χ4v) is 1.87. The van der Waals surface area contributed by atoms with Gasteiger partial charge in [-0.2, -0.15) is 0 Å². The topological polar surface area (TPSA) is 46.3 Å². The third-order valence-electron chi connectivity index (χ3n) is 2.89. The molecule has 1 aromatic heterocycles. The minimum Gasteiger partial charge on any atom is -0.355 e. The molecule has 94 valence electrons. The highest BCUT2D eigenvalue weighted by Gasteiger charge is 2.21. The van der Waals surface area contributed by atoms with Gasteiger partial charge in [0.05, 0.1) is 6.20 Å². The molecule has 4 nitrogen and oxygen atoms in total. The molecule has 1 aromatic carbocycles. The van der Waals surface area contributed by atoms with Gasteiger partial charge in [0.2, 0.25) is 0 Å². The molecule has 4 heteroatoms. The van der Waals surface area contributed by atoms with Crippen LogP contribution in [0.2, 0.25) is 0 Å². The number of nitrogens with zero attached hydrogens (tertiary/aromatic N) is 2. The highest BCUT2D eigenvalue weighted by molar-refractivity contribution is 5.99. The van der Waals surface area contributed by atoms with Gasteiger partial charge in [0.1, 0.15) is 5.56 Å². The number of carbonyl (C=O) groups is 1. The van der Waals surface area contributed by atoms with E-state index in [0.29, 0.717) is 24.4 Å². The van der Waals surface area contributed by atoms with Crippen LogP contribution in [0.5, 0.6) is 0 Å². The standard InChI is InChI=1S/C14H16N2O2/c1-3-16(4-2)14(17)12-10-15-18-13(12)11-8-6-5-7-9-11/h5-10H,3-4H2,1-2H3. The summed E-state index contributed by atoms with van der Waals surface area (Å²) in [7, 11) is 0. The van der Waals surface area contributed by atoms with Crippen LogP contribution >= 0.6 is 0 Å².